The van der Waals surface area contributed by atoms with E-state index in [1.807, 2.05) is 0 Å². The van der Waals surface area contributed by atoms with Crippen LogP contribution in [0, 0.1) is 6.92 Å². The molecule has 16 heavy (non-hydrogen) atoms. The van der Waals surface area contributed by atoms with Gasteiger partial charge in [-0.05, 0) is 13.8 Å². The first-order valence-corrected chi connectivity index (χ1v) is 5.44. The number of rotatable bonds is 5. The van der Waals surface area contributed by atoms with Crippen LogP contribution >= 0.6 is 11.6 Å². The molecule has 1 heterocycles. The van der Waals surface area contributed by atoms with Gasteiger partial charge >= 0.3 is 5.97 Å². The van der Waals surface area contributed by atoms with Gasteiger partial charge in [0.25, 0.3) is 0 Å². The molecule has 1 atom stereocenters. The molecule has 0 fully saturated rings. The van der Waals surface area contributed by atoms with Gasteiger partial charge < -0.3 is 9.84 Å². The van der Waals surface area contributed by atoms with Crippen molar-refractivity contribution in [3.8, 4) is 0 Å². The number of carbonyl (C=O) groups excluding carboxylic acids is 1. The summed E-state index contributed by atoms with van der Waals surface area (Å²) in [6.07, 6.45) is 0.660. The van der Waals surface area contributed by atoms with Crippen LogP contribution in [-0.4, -0.2) is 33.6 Å². The van der Waals surface area contributed by atoms with Crippen LogP contribution in [-0.2, 0) is 16.1 Å². The van der Waals surface area contributed by atoms with E-state index in [4.69, 9.17) is 16.3 Å². The molecule has 1 aromatic heterocycles. The molecule has 1 N–H and O–H groups in total. The molecular formula is C10H15ClN2O3. The minimum absolute atomic E-state index is 0.0369. The van der Waals surface area contributed by atoms with Crippen molar-refractivity contribution in [2.75, 3.05) is 6.61 Å². The molecular weight excluding hydrogens is 232 g/mol. The van der Waals surface area contributed by atoms with Gasteiger partial charge in [-0.3, -0.25) is 9.48 Å². The third-order valence-corrected chi connectivity index (χ3v) is 2.51. The Hall–Kier alpha value is -1.07. The van der Waals surface area contributed by atoms with Gasteiger partial charge in [0.1, 0.15) is 0 Å². The fourth-order valence-corrected chi connectivity index (χ4v) is 1.43. The average molecular weight is 247 g/mol. The van der Waals surface area contributed by atoms with E-state index in [-0.39, 0.29) is 13.0 Å². The van der Waals surface area contributed by atoms with Crippen molar-refractivity contribution >= 4 is 17.6 Å². The molecule has 0 radical (unpaired) electrons. The van der Waals surface area contributed by atoms with Gasteiger partial charge in [0, 0.05) is 0 Å². The third-order valence-electron chi connectivity index (χ3n) is 2.13. The lowest BCUT2D eigenvalue weighted by Crippen LogP contribution is -2.22. The summed E-state index contributed by atoms with van der Waals surface area (Å²) in [6, 6.07) is 0. The van der Waals surface area contributed by atoms with Crippen LogP contribution in [0.1, 0.15) is 19.0 Å². The minimum atomic E-state index is -0.811. The van der Waals surface area contributed by atoms with E-state index in [0.717, 1.165) is 5.69 Å². The summed E-state index contributed by atoms with van der Waals surface area (Å²) in [5, 5.41) is 14.2. The number of carbonyl (C=O) groups is 1. The highest BCUT2D eigenvalue weighted by atomic mass is 35.5. The Morgan fingerprint density at radius 3 is 2.94 bits per heavy atom. The SMILES string of the molecule is CCOC(=O)CC(O)Cn1ncc(Cl)c1C. The molecule has 1 rings (SSSR count). The van der Waals surface area contributed by atoms with Crippen molar-refractivity contribution in [1.82, 2.24) is 9.78 Å². The normalized spacial score (nSPS) is 12.5. The minimum Gasteiger partial charge on any atom is -0.466 e. The molecule has 0 aliphatic rings. The lowest BCUT2D eigenvalue weighted by Gasteiger charge is -2.11. The number of esters is 1. The van der Waals surface area contributed by atoms with Crippen LogP contribution in [0.4, 0.5) is 0 Å². The molecule has 0 aromatic carbocycles. The fraction of sp³-hybridized carbons (Fsp3) is 0.600. The lowest BCUT2D eigenvalue weighted by molar-refractivity contribution is -0.145. The van der Waals surface area contributed by atoms with Crippen molar-refractivity contribution in [2.24, 2.45) is 0 Å². The summed E-state index contributed by atoms with van der Waals surface area (Å²) in [5.74, 6) is -0.411. The van der Waals surface area contributed by atoms with Crippen LogP contribution in [0.25, 0.3) is 0 Å². The van der Waals surface area contributed by atoms with Gasteiger partial charge in [-0.1, -0.05) is 11.6 Å². The van der Waals surface area contributed by atoms with E-state index in [2.05, 4.69) is 5.10 Å². The summed E-state index contributed by atoms with van der Waals surface area (Å²) >= 11 is 5.81. The average Bonchev–Trinajstić information content (AvgIpc) is 2.50. The molecule has 0 aliphatic heterocycles. The molecule has 6 heteroatoms. The molecule has 0 saturated carbocycles. The second-order valence-electron chi connectivity index (χ2n) is 3.42. The fourth-order valence-electron chi connectivity index (χ4n) is 1.28. The zero-order chi connectivity index (χ0) is 12.1. The maximum atomic E-state index is 11.1. The van der Waals surface area contributed by atoms with Gasteiger partial charge in [0.2, 0.25) is 0 Å². The Kier molecular flexibility index (Phi) is 4.76. The van der Waals surface area contributed by atoms with E-state index in [9.17, 15) is 9.90 Å². The zero-order valence-corrected chi connectivity index (χ0v) is 10.1. The molecule has 0 aliphatic carbocycles. The Balaban J connectivity index is 2.48. The highest BCUT2D eigenvalue weighted by molar-refractivity contribution is 6.31. The number of aromatic nitrogens is 2. The number of hydrogen-bond donors (Lipinski definition) is 1. The van der Waals surface area contributed by atoms with Crippen LogP contribution in [0.15, 0.2) is 6.20 Å². The van der Waals surface area contributed by atoms with Crippen LogP contribution in [0.5, 0.6) is 0 Å². The van der Waals surface area contributed by atoms with E-state index < -0.39 is 12.1 Å². The lowest BCUT2D eigenvalue weighted by atomic mass is 10.2. The Morgan fingerprint density at radius 1 is 1.75 bits per heavy atom. The zero-order valence-electron chi connectivity index (χ0n) is 9.31. The summed E-state index contributed by atoms with van der Waals surface area (Å²) in [7, 11) is 0. The monoisotopic (exact) mass is 246 g/mol. The molecule has 0 amide bonds. The molecule has 5 nitrogen and oxygen atoms in total. The van der Waals surface area contributed by atoms with Crippen LogP contribution in [0.3, 0.4) is 0 Å². The highest BCUT2D eigenvalue weighted by Gasteiger charge is 2.14. The van der Waals surface area contributed by atoms with Crippen molar-refractivity contribution in [3.05, 3.63) is 16.9 Å². The number of hydrogen-bond acceptors (Lipinski definition) is 4. The number of nitrogens with zero attached hydrogens (tertiary/aromatic N) is 2. The second-order valence-corrected chi connectivity index (χ2v) is 3.83. The Bertz CT molecular complexity index is 365. The second kappa shape index (κ2) is 5.86. The largest absolute Gasteiger partial charge is 0.466 e. The predicted molar refractivity (Wildman–Crippen MR) is 59.2 cm³/mol. The third kappa shape index (κ3) is 3.50. The topological polar surface area (TPSA) is 64.3 Å². The molecule has 0 saturated heterocycles. The molecule has 1 unspecified atom stereocenters. The van der Waals surface area contributed by atoms with Crippen molar-refractivity contribution in [1.29, 1.82) is 0 Å². The Morgan fingerprint density at radius 2 is 2.44 bits per heavy atom. The number of aliphatic hydroxyl groups is 1. The first kappa shape index (κ1) is 13.0. The molecule has 0 bridgehead atoms. The van der Waals surface area contributed by atoms with Crippen molar-refractivity contribution in [2.45, 2.75) is 32.9 Å². The van der Waals surface area contributed by atoms with Crippen LogP contribution in [0.2, 0.25) is 5.02 Å². The molecule has 90 valence electrons. The van der Waals surface area contributed by atoms with Gasteiger partial charge in [0.15, 0.2) is 0 Å². The predicted octanol–water partition coefficient (Wildman–Crippen LogP) is 1.16. The summed E-state index contributed by atoms with van der Waals surface area (Å²) in [6.45, 7) is 4.07. The number of halogens is 1. The van der Waals surface area contributed by atoms with E-state index >= 15 is 0 Å². The quantitative estimate of drug-likeness (QED) is 0.792. The van der Waals surface area contributed by atoms with E-state index in [0.29, 0.717) is 11.6 Å². The van der Waals surface area contributed by atoms with Gasteiger partial charge in [-0.25, -0.2) is 0 Å². The number of aliphatic hydroxyl groups excluding tert-OH is 1. The maximum absolute atomic E-state index is 11.1. The Labute approximate surface area is 99.0 Å². The highest BCUT2D eigenvalue weighted by Crippen LogP contribution is 2.14. The summed E-state index contributed by atoms with van der Waals surface area (Å²) in [5.41, 5.74) is 0.768. The molecule has 0 spiro atoms. The van der Waals surface area contributed by atoms with Gasteiger partial charge in [0.05, 0.1) is 42.6 Å². The van der Waals surface area contributed by atoms with E-state index in [1.165, 1.54) is 6.20 Å². The van der Waals surface area contributed by atoms with Crippen molar-refractivity contribution in [3.63, 3.8) is 0 Å². The summed E-state index contributed by atoms with van der Waals surface area (Å²) in [4.78, 5) is 11.1. The molecule has 1 aromatic rings. The van der Waals surface area contributed by atoms with Crippen molar-refractivity contribution < 1.29 is 14.6 Å². The first-order valence-electron chi connectivity index (χ1n) is 5.06. The van der Waals surface area contributed by atoms with Crippen LogP contribution < -0.4 is 0 Å². The smallest absolute Gasteiger partial charge is 0.308 e. The number of ether oxygens (including phenoxy) is 1. The standard InChI is InChI=1S/C10H15ClN2O3/c1-3-16-10(15)4-8(14)6-13-7(2)9(11)5-12-13/h5,8,14H,3-4,6H2,1-2H3. The first-order chi connectivity index (χ1) is 7.54. The van der Waals surface area contributed by atoms with Gasteiger partial charge in [-0.15, -0.1) is 0 Å². The maximum Gasteiger partial charge on any atom is 0.308 e. The van der Waals surface area contributed by atoms with Gasteiger partial charge in [-0.2, -0.15) is 5.10 Å². The summed E-state index contributed by atoms with van der Waals surface area (Å²) < 4.78 is 6.29. The van der Waals surface area contributed by atoms with E-state index in [1.54, 1.807) is 18.5 Å².